The van der Waals surface area contributed by atoms with Crippen LogP contribution in [-0.4, -0.2) is 66.4 Å². The highest BCUT2D eigenvalue weighted by Crippen LogP contribution is 2.32. The van der Waals surface area contributed by atoms with E-state index in [4.69, 9.17) is 9.84 Å². The highest BCUT2D eigenvalue weighted by Gasteiger charge is 2.35. The second-order valence-corrected chi connectivity index (χ2v) is 14.5. The van der Waals surface area contributed by atoms with Crippen molar-refractivity contribution in [3.63, 3.8) is 0 Å². The molecule has 0 aliphatic heterocycles. The first-order valence-corrected chi connectivity index (χ1v) is 18.4. The van der Waals surface area contributed by atoms with E-state index in [1.807, 2.05) is 12.1 Å². The molecule has 0 spiro atoms. The molecule has 4 N–H and O–H groups in total. The maximum atomic E-state index is 13.7. The standard InChI is InChI=1S/C39H41N3O9S/c1-3-42(31-19-15-28(16-20-31)39(47)48)52(49,50)33-6-4-5-29(23-33)36(43)41-35-22-21-32(51-2)24-34(35)37(44)40-30-17-11-26(12-18-30)8-7-25-9-13-27(14-10-25)38(45)46/h4-6,9-14,17-18,21-24,28,31H,3,7-8,15-16,19-20H2,1-2H3,(H,40,44)(H,41,43)(H,45,46)(H,47,48). The quantitative estimate of drug-likeness (QED) is 0.115. The fourth-order valence-electron chi connectivity index (χ4n) is 6.37. The zero-order chi connectivity index (χ0) is 37.4. The van der Waals surface area contributed by atoms with Crippen LogP contribution in [0.2, 0.25) is 0 Å². The molecule has 5 rings (SSSR count). The molecule has 1 saturated carbocycles. The molecule has 0 bridgehead atoms. The Labute approximate surface area is 302 Å². The lowest BCUT2D eigenvalue weighted by Crippen LogP contribution is -2.42. The summed E-state index contributed by atoms with van der Waals surface area (Å²) < 4.78 is 34.2. The topological polar surface area (TPSA) is 179 Å². The number of carboxylic acid groups (broad SMARTS) is 2. The van der Waals surface area contributed by atoms with Gasteiger partial charge in [-0.05, 0) is 110 Å². The van der Waals surface area contributed by atoms with E-state index >= 15 is 0 Å². The summed E-state index contributed by atoms with van der Waals surface area (Å²) in [5.41, 5.74) is 3.16. The molecule has 272 valence electrons. The summed E-state index contributed by atoms with van der Waals surface area (Å²) in [6.07, 6.45) is 3.07. The van der Waals surface area contributed by atoms with Gasteiger partial charge in [0, 0.05) is 23.8 Å². The summed E-state index contributed by atoms with van der Waals surface area (Å²) in [5, 5.41) is 24.0. The molecule has 1 fully saturated rings. The van der Waals surface area contributed by atoms with Crippen LogP contribution in [0.5, 0.6) is 5.75 Å². The fourth-order valence-corrected chi connectivity index (χ4v) is 8.11. The molecule has 0 heterocycles. The number of ether oxygens (including phenoxy) is 1. The van der Waals surface area contributed by atoms with Crippen LogP contribution in [0.1, 0.15) is 74.8 Å². The minimum Gasteiger partial charge on any atom is -0.497 e. The number of nitrogens with zero attached hydrogens (tertiary/aromatic N) is 1. The highest BCUT2D eigenvalue weighted by molar-refractivity contribution is 7.89. The summed E-state index contributed by atoms with van der Waals surface area (Å²) in [6.45, 7) is 1.92. The van der Waals surface area contributed by atoms with Gasteiger partial charge in [0.1, 0.15) is 5.75 Å². The highest BCUT2D eigenvalue weighted by atomic mass is 32.2. The third-order valence-corrected chi connectivity index (χ3v) is 11.3. The van der Waals surface area contributed by atoms with Crippen LogP contribution in [0, 0.1) is 5.92 Å². The number of anilines is 2. The zero-order valence-corrected chi connectivity index (χ0v) is 29.7. The molecular formula is C39H41N3O9S. The monoisotopic (exact) mass is 727 g/mol. The van der Waals surface area contributed by atoms with Crippen LogP contribution < -0.4 is 15.4 Å². The van der Waals surface area contributed by atoms with Crippen LogP contribution in [-0.2, 0) is 27.7 Å². The summed E-state index contributed by atoms with van der Waals surface area (Å²) in [4.78, 5) is 49.5. The van der Waals surface area contributed by atoms with Gasteiger partial charge >= 0.3 is 11.9 Å². The lowest BCUT2D eigenvalue weighted by molar-refractivity contribution is -0.143. The predicted molar refractivity (Wildman–Crippen MR) is 196 cm³/mol. The van der Waals surface area contributed by atoms with Crippen LogP contribution >= 0.6 is 0 Å². The number of nitrogens with one attached hydrogen (secondary N) is 2. The summed E-state index contributed by atoms with van der Waals surface area (Å²) in [6, 6.07) is 24.0. The first-order chi connectivity index (χ1) is 24.9. The molecule has 12 nitrogen and oxygen atoms in total. The average molecular weight is 728 g/mol. The van der Waals surface area contributed by atoms with Crippen molar-refractivity contribution in [3.05, 3.63) is 119 Å². The number of aliphatic carboxylic acids is 1. The average Bonchev–Trinajstić information content (AvgIpc) is 3.15. The van der Waals surface area contributed by atoms with E-state index in [9.17, 15) is 32.7 Å². The Morgan fingerprint density at radius 3 is 1.98 bits per heavy atom. The summed E-state index contributed by atoms with van der Waals surface area (Å²) in [7, 11) is -2.55. The van der Waals surface area contributed by atoms with Crippen molar-refractivity contribution in [2.75, 3.05) is 24.3 Å². The minimum atomic E-state index is -4.00. The molecule has 0 aromatic heterocycles. The number of hydrogen-bond donors (Lipinski definition) is 4. The van der Waals surface area contributed by atoms with Crippen molar-refractivity contribution < 1.29 is 42.5 Å². The van der Waals surface area contributed by atoms with Gasteiger partial charge < -0.3 is 25.6 Å². The van der Waals surface area contributed by atoms with Crippen LogP contribution in [0.4, 0.5) is 11.4 Å². The van der Waals surface area contributed by atoms with E-state index in [1.54, 1.807) is 49.4 Å². The first-order valence-electron chi connectivity index (χ1n) is 17.0. The number of rotatable bonds is 14. The van der Waals surface area contributed by atoms with E-state index in [0.717, 1.165) is 11.1 Å². The van der Waals surface area contributed by atoms with E-state index in [1.165, 1.54) is 47.8 Å². The van der Waals surface area contributed by atoms with Crippen LogP contribution in [0.15, 0.2) is 95.9 Å². The Hall–Kier alpha value is -5.53. The second kappa shape index (κ2) is 16.7. The number of methoxy groups -OCH3 is 1. The molecule has 2 amide bonds. The molecule has 4 aromatic rings. The van der Waals surface area contributed by atoms with Crippen LogP contribution in [0.3, 0.4) is 0 Å². The molecule has 1 aliphatic carbocycles. The number of benzene rings is 4. The van der Waals surface area contributed by atoms with Crippen molar-refractivity contribution in [2.45, 2.75) is 56.4 Å². The van der Waals surface area contributed by atoms with E-state index in [0.29, 0.717) is 50.0 Å². The first kappa shape index (κ1) is 37.7. The number of aromatic carboxylic acids is 1. The van der Waals surface area contributed by atoms with Gasteiger partial charge in [-0.3, -0.25) is 14.4 Å². The lowest BCUT2D eigenvalue weighted by atomic mass is 9.86. The Morgan fingerprint density at radius 2 is 1.40 bits per heavy atom. The van der Waals surface area contributed by atoms with Crippen molar-refractivity contribution in [2.24, 2.45) is 5.92 Å². The van der Waals surface area contributed by atoms with Gasteiger partial charge in [0.2, 0.25) is 10.0 Å². The van der Waals surface area contributed by atoms with E-state index < -0.39 is 39.7 Å². The van der Waals surface area contributed by atoms with E-state index in [2.05, 4.69) is 10.6 Å². The van der Waals surface area contributed by atoms with Gasteiger partial charge in [-0.25, -0.2) is 13.2 Å². The maximum Gasteiger partial charge on any atom is 0.335 e. The smallest absolute Gasteiger partial charge is 0.335 e. The summed E-state index contributed by atoms with van der Waals surface area (Å²) >= 11 is 0. The maximum absolute atomic E-state index is 13.7. The van der Waals surface area contributed by atoms with Gasteiger partial charge in [0.25, 0.3) is 11.8 Å². The van der Waals surface area contributed by atoms with Crippen molar-refractivity contribution in [1.82, 2.24) is 4.31 Å². The number of carbonyl (C=O) groups is 4. The summed E-state index contributed by atoms with van der Waals surface area (Å²) in [5.74, 6) is -3.06. The van der Waals surface area contributed by atoms with Crippen molar-refractivity contribution in [3.8, 4) is 5.75 Å². The third-order valence-electron chi connectivity index (χ3n) is 9.30. The molecule has 4 aromatic carbocycles. The number of carbonyl (C=O) groups excluding carboxylic acids is 2. The Balaban J connectivity index is 1.27. The SMILES string of the molecule is CCN(C1CCC(C(=O)O)CC1)S(=O)(=O)c1cccc(C(=O)Nc2ccc(OC)cc2C(=O)Nc2ccc(CCc3ccc(C(=O)O)cc3)cc2)c1. The predicted octanol–water partition coefficient (Wildman–Crippen LogP) is 6.34. The van der Waals surface area contributed by atoms with E-state index in [-0.39, 0.29) is 39.9 Å². The van der Waals surface area contributed by atoms with Crippen molar-refractivity contribution in [1.29, 1.82) is 0 Å². The molecule has 0 radical (unpaired) electrons. The number of hydrogen-bond acceptors (Lipinski definition) is 7. The number of sulfonamides is 1. The number of amides is 2. The molecule has 0 unspecified atom stereocenters. The normalized spacial score (nSPS) is 15.8. The Morgan fingerprint density at radius 1 is 0.769 bits per heavy atom. The molecule has 52 heavy (non-hydrogen) atoms. The van der Waals surface area contributed by atoms with Gasteiger partial charge in [-0.15, -0.1) is 0 Å². The van der Waals surface area contributed by atoms with Gasteiger partial charge in [0.05, 0.1) is 34.7 Å². The lowest BCUT2D eigenvalue weighted by Gasteiger charge is -2.34. The molecule has 1 aliphatic rings. The largest absolute Gasteiger partial charge is 0.497 e. The van der Waals surface area contributed by atoms with Gasteiger partial charge in [0.15, 0.2) is 0 Å². The number of carboxylic acids is 2. The zero-order valence-electron chi connectivity index (χ0n) is 28.9. The Kier molecular flexibility index (Phi) is 12.1. The van der Waals surface area contributed by atoms with Crippen LogP contribution in [0.25, 0.3) is 0 Å². The minimum absolute atomic E-state index is 0.0606. The number of aryl methyl sites for hydroxylation is 2. The molecule has 0 saturated heterocycles. The van der Waals surface area contributed by atoms with Gasteiger partial charge in [-0.1, -0.05) is 37.3 Å². The second-order valence-electron chi connectivity index (χ2n) is 12.6. The molecule has 13 heteroatoms. The van der Waals surface area contributed by atoms with Gasteiger partial charge in [-0.2, -0.15) is 4.31 Å². The molecular weight excluding hydrogens is 687 g/mol. The fraction of sp³-hybridized carbons (Fsp3) is 0.282. The van der Waals surface area contributed by atoms with Crippen molar-refractivity contribution >= 4 is 45.2 Å². The molecule has 0 atom stereocenters. The third kappa shape index (κ3) is 9.03. The Bertz CT molecular complexity index is 2040.